The van der Waals surface area contributed by atoms with E-state index in [1.165, 1.54) is 22.3 Å². The normalized spacial score (nSPS) is 14.7. The number of hydrogen-bond acceptors (Lipinski definition) is 3. The van der Waals surface area contributed by atoms with E-state index in [1.807, 2.05) is 30.3 Å². The summed E-state index contributed by atoms with van der Waals surface area (Å²) in [6.45, 7) is 12.7. The zero-order valence-corrected chi connectivity index (χ0v) is 21.0. The van der Waals surface area contributed by atoms with Crippen LogP contribution in [0.15, 0.2) is 76.9 Å². The first-order chi connectivity index (χ1) is 14.9. The van der Waals surface area contributed by atoms with Crippen LogP contribution in [0.5, 0.6) is 0 Å². The van der Waals surface area contributed by atoms with E-state index in [9.17, 15) is 15.3 Å². The second-order valence-corrected chi connectivity index (χ2v) is 9.75. The van der Waals surface area contributed by atoms with Gasteiger partial charge in [-0.15, -0.1) is 0 Å². The molecule has 3 N–H and O–H groups in total. The molecule has 0 aliphatic heterocycles. The van der Waals surface area contributed by atoms with E-state index in [4.69, 9.17) is 0 Å². The Kier molecular flexibility index (Phi) is 11.9. The fourth-order valence-corrected chi connectivity index (χ4v) is 3.93. The number of rotatable bonds is 13. The van der Waals surface area contributed by atoms with Crippen molar-refractivity contribution in [2.75, 3.05) is 0 Å². The molecule has 32 heavy (non-hydrogen) atoms. The quantitative estimate of drug-likeness (QED) is 0.226. The average Bonchev–Trinajstić information content (AvgIpc) is 2.69. The third-order valence-corrected chi connectivity index (χ3v) is 5.83. The van der Waals surface area contributed by atoms with Gasteiger partial charge in [0.25, 0.3) is 5.97 Å². The minimum atomic E-state index is -2.73. The van der Waals surface area contributed by atoms with Crippen LogP contribution in [-0.4, -0.2) is 21.3 Å². The Bertz CT molecular complexity index is 757. The van der Waals surface area contributed by atoms with Crippen molar-refractivity contribution in [3.63, 3.8) is 0 Å². The van der Waals surface area contributed by atoms with Crippen molar-refractivity contribution in [1.29, 1.82) is 0 Å². The molecule has 3 nitrogen and oxygen atoms in total. The maximum absolute atomic E-state index is 10.0. The maximum atomic E-state index is 10.0. The first-order valence-corrected chi connectivity index (χ1v) is 11.7. The summed E-state index contributed by atoms with van der Waals surface area (Å²) in [5, 5.41) is 30.0. The second kappa shape index (κ2) is 13.6. The SMILES string of the molecule is CC(C)=CCC/C(C)=C/CC(C/C=C(\C)CCC=C(C)C)(CC(O)(O)O)c1ccccc1. The lowest BCUT2D eigenvalue weighted by Gasteiger charge is -2.36. The lowest BCUT2D eigenvalue weighted by atomic mass is 9.71. The molecular weight excluding hydrogens is 396 g/mol. The Labute approximate surface area is 195 Å². The van der Waals surface area contributed by atoms with Crippen LogP contribution in [0.2, 0.25) is 0 Å². The summed E-state index contributed by atoms with van der Waals surface area (Å²) >= 11 is 0. The number of hydrogen-bond donors (Lipinski definition) is 3. The Balaban J connectivity index is 3.23. The molecule has 1 aromatic carbocycles. The van der Waals surface area contributed by atoms with Crippen LogP contribution in [0.1, 0.15) is 92.1 Å². The van der Waals surface area contributed by atoms with Crippen molar-refractivity contribution in [1.82, 2.24) is 0 Å². The molecule has 1 aromatic rings. The van der Waals surface area contributed by atoms with Crippen LogP contribution in [0.3, 0.4) is 0 Å². The van der Waals surface area contributed by atoms with Crippen LogP contribution < -0.4 is 0 Å². The molecule has 0 bridgehead atoms. The van der Waals surface area contributed by atoms with Crippen LogP contribution in [-0.2, 0) is 5.41 Å². The van der Waals surface area contributed by atoms with Gasteiger partial charge in [-0.1, -0.05) is 76.9 Å². The van der Waals surface area contributed by atoms with Crippen molar-refractivity contribution in [2.24, 2.45) is 0 Å². The van der Waals surface area contributed by atoms with Gasteiger partial charge in [0.2, 0.25) is 0 Å². The van der Waals surface area contributed by atoms with E-state index in [-0.39, 0.29) is 6.42 Å². The van der Waals surface area contributed by atoms with E-state index in [1.54, 1.807) is 0 Å². The first kappa shape index (κ1) is 28.1. The third-order valence-electron chi connectivity index (χ3n) is 5.83. The summed E-state index contributed by atoms with van der Waals surface area (Å²) in [6, 6.07) is 9.93. The van der Waals surface area contributed by atoms with Gasteiger partial charge in [0.15, 0.2) is 0 Å². The number of aliphatic hydroxyl groups is 3. The van der Waals surface area contributed by atoms with Crippen LogP contribution >= 0.6 is 0 Å². The van der Waals surface area contributed by atoms with E-state index in [0.717, 1.165) is 31.2 Å². The van der Waals surface area contributed by atoms with Crippen molar-refractivity contribution < 1.29 is 15.3 Å². The molecule has 1 rings (SSSR count). The minimum absolute atomic E-state index is 0.153. The van der Waals surface area contributed by atoms with Gasteiger partial charge in [0.05, 0.1) is 0 Å². The highest BCUT2D eigenvalue weighted by Crippen LogP contribution is 2.40. The molecule has 0 fully saturated rings. The summed E-state index contributed by atoms with van der Waals surface area (Å²) in [4.78, 5) is 0. The maximum Gasteiger partial charge on any atom is 0.276 e. The van der Waals surface area contributed by atoms with E-state index in [0.29, 0.717) is 12.8 Å². The molecule has 0 heterocycles. The topological polar surface area (TPSA) is 60.7 Å². The second-order valence-electron chi connectivity index (χ2n) is 9.75. The van der Waals surface area contributed by atoms with Crippen molar-refractivity contribution >= 4 is 0 Å². The van der Waals surface area contributed by atoms with Crippen molar-refractivity contribution in [3.8, 4) is 0 Å². The van der Waals surface area contributed by atoms with Gasteiger partial charge in [-0.25, -0.2) is 0 Å². The number of benzene rings is 1. The highest BCUT2D eigenvalue weighted by atomic mass is 16.7. The van der Waals surface area contributed by atoms with Gasteiger partial charge in [0.1, 0.15) is 0 Å². The molecule has 0 aliphatic rings. The highest BCUT2D eigenvalue weighted by Gasteiger charge is 2.38. The standard InChI is InChI=1S/C29H44O3/c1-23(2)12-10-14-25(5)18-20-28(22-29(30,31)32,27-16-8-7-9-17-27)21-19-26(6)15-11-13-24(3)4/h7-9,12-13,16-19,30-32H,10-11,14-15,20-22H2,1-6H3/b25-18+,26-19+. The van der Waals surface area contributed by atoms with Gasteiger partial charge in [0, 0.05) is 11.8 Å². The third kappa shape index (κ3) is 11.6. The van der Waals surface area contributed by atoms with Crippen LogP contribution in [0.25, 0.3) is 0 Å². The summed E-state index contributed by atoms with van der Waals surface area (Å²) in [6.07, 6.45) is 13.9. The highest BCUT2D eigenvalue weighted by molar-refractivity contribution is 5.29. The van der Waals surface area contributed by atoms with Gasteiger partial charge >= 0.3 is 0 Å². The zero-order chi connectivity index (χ0) is 24.2. The molecule has 0 spiro atoms. The predicted molar refractivity (Wildman–Crippen MR) is 136 cm³/mol. The first-order valence-electron chi connectivity index (χ1n) is 11.7. The summed E-state index contributed by atoms with van der Waals surface area (Å²) in [7, 11) is 0. The fourth-order valence-electron chi connectivity index (χ4n) is 3.93. The molecule has 0 aliphatic carbocycles. The summed E-state index contributed by atoms with van der Waals surface area (Å²) in [5.74, 6) is -2.73. The molecule has 0 saturated heterocycles. The largest absolute Gasteiger partial charge is 0.344 e. The summed E-state index contributed by atoms with van der Waals surface area (Å²) in [5.41, 5.74) is 5.56. The lowest BCUT2D eigenvalue weighted by Crippen LogP contribution is -2.39. The average molecular weight is 441 g/mol. The zero-order valence-electron chi connectivity index (χ0n) is 21.0. The molecule has 178 valence electrons. The smallest absolute Gasteiger partial charge is 0.276 e. The minimum Gasteiger partial charge on any atom is -0.344 e. The molecular formula is C29H44O3. The Hall–Kier alpha value is -1.94. The number of allylic oxidation sites excluding steroid dienone is 8. The Morgan fingerprint density at radius 3 is 1.50 bits per heavy atom. The molecule has 0 atom stereocenters. The van der Waals surface area contributed by atoms with E-state index in [2.05, 4.69) is 65.8 Å². The monoisotopic (exact) mass is 440 g/mol. The van der Waals surface area contributed by atoms with Crippen molar-refractivity contribution in [2.45, 2.75) is 97.9 Å². The molecule has 0 amide bonds. The van der Waals surface area contributed by atoms with Crippen LogP contribution in [0.4, 0.5) is 0 Å². The molecule has 3 heteroatoms. The van der Waals surface area contributed by atoms with E-state index < -0.39 is 11.4 Å². The van der Waals surface area contributed by atoms with Crippen LogP contribution in [0, 0.1) is 0 Å². The van der Waals surface area contributed by atoms with Gasteiger partial charge in [-0.05, 0) is 85.6 Å². The van der Waals surface area contributed by atoms with Crippen molar-refractivity contribution in [3.05, 3.63) is 82.5 Å². The van der Waals surface area contributed by atoms with Gasteiger partial charge in [-0.3, -0.25) is 0 Å². The fraction of sp³-hybridized carbons (Fsp3) is 0.517. The van der Waals surface area contributed by atoms with Gasteiger partial charge in [-0.2, -0.15) is 0 Å². The Morgan fingerprint density at radius 2 is 1.12 bits per heavy atom. The molecule has 0 unspecified atom stereocenters. The Morgan fingerprint density at radius 1 is 0.688 bits per heavy atom. The molecule has 0 aromatic heterocycles. The molecule has 0 saturated carbocycles. The van der Waals surface area contributed by atoms with Gasteiger partial charge < -0.3 is 15.3 Å². The lowest BCUT2D eigenvalue weighted by molar-refractivity contribution is -0.321. The predicted octanol–water partition coefficient (Wildman–Crippen LogP) is 7.11. The summed E-state index contributed by atoms with van der Waals surface area (Å²) < 4.78 is 0. The van der Waals surface area contributed by atoms with E-state index >= 15 is 0 Å². The molecule has 0 radical (unpaired) electrons.